The van der Waals surface area contributed by atoms with Gasteiger partial charge in [0.05, 0.1) is 38.3 Å². The predicted molar refractivity (Wildman–Crippen MR) is 169 cm³/mol. The van der Waals surface area contributed by atoms with Crippen molar-refractivity contribution in [3.8, 4) is 11.5 Å². The van der Waals surface area contributed by atoms with Gasteiger partial charge in [-0.25, -0.2) is 8.42 Å². The summed E-state index contributed by atoms with van der Waals surface area (Å²) in [6, 6.07) is 22.5. The first kappa shape index (κ1) is 31.0. The Kier molecular flexibility index (Phi) is 10.0. The van der Waals surface area contributed by atoms with Gasteiger partial charge >= 0.3 is 0 Å². The Morgan fingerprint density at radius 1 is 0.977 bits per heavy atom. The molecule has 228 valence electrons. The number of nitrogens with zero attached hydrogens (tertiary/aromatic N) is 2. The highest BCUT2D eigenvalue weighted by atomic mass is 32.2. The summed E-state index contributed by atoms with van der Waals surface area (Å²) in [5, 5.41) is 1.78. The van der Waals surface area contributed by atoms with Crippen LogP contribution in [-0.2, 0) is 32.5 Å². The molecule has 0 N–H and O–H groups in total. The Bertz CT molecular complexity index is 1660. The molecule has 4 aromatic rings. The summed E-state index contributed by atoms with van der Waals surface area (Å²) in [4.78, 5) is 18.1. The van der Waals surface area contributed by atoms with Gasteiger partial charge in [0.15, 0.2) is 11.5 Å². The van der Waals surface area contributed by atoms with Crippen LogP contribution in [0.4, 0.5) is 0 Å². The molecule has 1 aromatic heterocycles. The van der Waals surface area contributed by atoms with Crippen molar-refractivity contribution in [2.45, 2.75) is 43.7 Å². The molecule has 1 atom stereocenters. The maximum absolute atomic E-state index is 14.1. The maximum Gasteiger partial charge on any atom is 0.243 e. The molecule has 2 heterocycles. The number of rotatable bonds is 13. The fourth-order valence-corrected chi connectivity index (χ4v) is 7.70. The largest absolute Gasteiger partial charge is 0.493 e. The van der Waals surface area contributed by atoms with Crippen LogP contribution in [0.5, 0.6) is 11.5 Å². The quantitative estimate of drug-likeness (QED) is 0.191. The number of thiophene rings is 1. The van der Waals surface area contributed by atoms with Gasteiger partial charge in [0.1, 0.15) is 0 Å². The lowest BCUT2D eigenvalue weighted by molar-refractivity contribution is -0.132. The van der Waals surface area contributed by atoms with E-state index >= 15 is 0 Å². The van der Waals surface area contributed by atoms with Gasteiger partial charge in [-0.15, -0.1) is 11.3 Å². The van der Waals surface area contributed by atoms with E-state index in [1.807, 2.05) is 67.6 Å². The van der Waals surface area contributed by atoms with Gasteiger partial charge in [0.2, 0.25) is 15.9 Å². The number of hydrogen-bond acceptors (Lipinski definition) is 7. The van der Waals surface area contributed by atoms with Crippen LogP contribution < -0.4 is 9.47 Å². The van der Waals surface area contributed by atoms with Crippen molar-refractivity contribution in [3.05, 3.63) is 88.1 Å². The van der Waals surface area contributed by atoms with Crippen molar-refractivity contribution in [3.63, 3.8) is 0 Å². The van der Waals surface area contributed by atoms with Gasteiger partial charge in [0.25, 0.3) is 0 Å². The summed E-state index contributed by atoms with van der Waals surface area (Å²) in [5.41, 5.74) is 0.984. The molecule has 0 saturated carbocycles. The molecule has 1 amide bonds. The number of hydrogen-bond donors (Lipinski definition) is 0. The highest BCUT2D eigenvalue weighted by molar-refractivity contribution is 7.89. The fourth-order valence-electron chi connectivity index (χ4n) is 5.34. The molecule has 0 spiro atoms. The van der Waals surface area contributed by atoms with E-state index in [9.17, 15) is 13.2 Å². The lowest BCUT2D eigenvalue weighted by Gasteiger charge is -2.28. The molecule has 1 aliphatic rings. The van der Waals surface area contributed by atoms with Gasteiger partial charge in [-0.3, -0.25) is 4.79 Å². The van der Waals surface area contributed by atoms with Crippen LogP contribution in [0.2, 0.25) is 0 Å². The number of sulfonamides is 1. The molecule has 0 aliphatic carbocycles. The van der Waals surface area contributed by atoms with Gasteiger partial charge in [-0.2, -0.15) is 4.31 Å². The molecular weight excluding hydrogens is 585 g/mol. The lowest BCUT2D eigenvalue weighted by atomic mass is 10.1. The highest BCUT2D eigenvalue weighted by Gasteiger charge is 2.32. The SMILES string of the molecule is COc1ccc(CCN(Cc2ccc(C)s2)C(=O)CN(C[C@H]2CCCO2)S(=O)(=O)c2ccc3ccccc3c2)cc1OC. The molecule has 3 aromatic carbocycles. The molecule has 8 nitrogen and oxygen atoms in total. The number of carbonyl (C=O) groups is 1. The minimum absolute atomic E-state index is 0.128. The van der Waals surface area contributed by atoms with E-state index < -0.39 is 10.0 Å². The van der Waals surface area contributed by atoms with Gasteiger partial charge in [-0.05, 0) is 78.9 Å². The number of benzene rings is 3. The molecule has 5 rings (SSSR count). The fraction of sp³-hybridized carbons (Fsp3) is 0.364. The van der Waals surface area contributed by atoms with Crippen molar-refractivity contribution in [2.24, 2.45) is 0 Å². The third-order valence-electron chi connectivity index (χ3n) is 7.72. The second kappa shape index (κ2) is 13.9. The minimum atomic E-state index is -3.98. The van der Waals surface area contributed by atoms with E-state index in [-0.39, 0.29) is 30.0 Å². The first-order chi connectivity index (χ1) is 20.8. The van der Waals surface area contributed by atoms with Gasteiger partial charge in [0, 0.05) is 29.5 Å². The summed E-state index contributed by atoms with van der Waals surface area (Å²) in [7, 11) is -0.798. The van der Waals surface area contributed by atoms with E-state index in [4.69, 9.17) is 14.2 Å². The number of ether oxygens (including phenoxy) is 3. The zero-order chi connectivity index (χ0) is 30.4. The van der Waals surface area contributed by atoms with Gasteiger partial charge in [-0.1, -0.05) is 36.4 Å². The maximum atomic E-state index is 14.1. The summed E-state index contributed by atoms with van der Waals surface area (Å²) in [6.45, 7) is 3.29. The Hall–Kier alpha value is -3.44. The second-order valence-corrected chi connectivity index (χ2v) is 14.0. The van der Waals surface area contributed by atoms with E-state index in [0.29, 0.717) is 37.6 Å². The van der Waals surface area contributed by atoms with Crippen LogP contribution in [0.25, 0.3) is 10.8 Å². The molecule has 0 bridgehead atoms. The first-order valence-corrected chi connectivity index (χ1v) is 16.7. The number of fused-ring (bicyclic) bond motifs is 1. The van der Waals surface area contributed by atoms with Crippen LogP contribution in [0.3, 0.4) is 0 Å². The van der Waals surface area contributed by atoms with Crippen molar-refractivity contribution < 1.29 is 27.4 Å². The number of carbonyl (C=O) groups excluding carboxylic acids is 1. The molecule has 1 aliphatic heterocycles. The minimum Gasteiger partial charge on any atom is -0.493 e. The van der Waals surface area contributed by atoms with Crippen molar-refractivity contribution in [1.82, 2.24) is 9.21 Å². The Balaban J connectivity index is 1.41. The second-order valence-electron chi connectivity index (χ2n) is 10.7. The first-order valence-electron chi connectivity index (χ1n) is 14.4. The highest BCUT2D eigenvalue weighted by Crippen LogP contribution is 2.28. The zero-order valence-electron chi connectivity index (χ0n) is 24.8. The van der Waals surface area contributed by atoms with Crippen LogP contribution in [0, 0.1) is 6.92 Å². The van der Waals surface area contributed by atoms with Crippen molar-refractivity contribution in [1.29, 1.82) is 0 Å². The zero-order valence-corrected chi connectivity index (χ0v) is 26.5. The van der Waals surface area contributed by atoms with Crippen molar-refractivity contribution >= 4 is 38.0 Å². The normalized spacial score (nSPS) is 15.2. The lowest BCUT2D eigenvalue weighted by Crippen LogP contribution is -2.45. The Morgan fingerprint density at radius 3 is 2.47 bits per heavy atom. The molecule has 0 radical (unpaired) electrons. The van der Waals surface area contributed by atoms with E-state index in [0.717, 1.165) is 38.9 Å². The summed E-state index contributed by atoms with van der Waals surface area (Å²) in [5.74, 6) is 1.00. The molecule has 1 fully saturated rings. The van der Waals surface area contributed by atoms with Crippen LogP contribution in [0.15, 0.2) is 77.7 Å². The monoisotopic (exact) mass is 622 g/mol. The van der Waals surface area contributed by atoms with E-state index in [1.54, 1.807) is 42.6 Å². The van der Waals surface area contributed by atoms with Crippen LogP contribution in [0.1, 0.15) is 28.2 Å². The van der Waals surface area contributed by atoms with Crippen molar-refractivity contribution in [2.75, 3.05) is 40.5 Å². The molecular formula is C33H38N2O6S2. The summed E-state index contributed by atoms with van der Waals surface area (Å²) in [6.07, 6.45) is 1.95. The number of amides is 1. The van der Waals surface area contributed by atoms with Crippen LogP contribution in [-0.4, -0.2) is 70.1 Å². The Labute approximate surface area is 257 Å². The summed E-state index contributed by atoms with van der Waals surface area (Å²) < 4.78 is 46.1. The number of aryl methyl sites for hydroxylation is 1. The smallest absolute Gasteiger partial charge is 0.243 e. The Morgan fingerprint density at radius 2 is 1.77 bits per heavy atom. The third kappa shape index (κ3) is 7.56. The molecule has 0 unspecified atom stereocenters. The van der Waals surface area contributed by atoms with Gasteiger partial charge < -0.3 is 19.1 Å². The predicted octanol–water partition coefficient (Wildman–Crippen LogP) is 5.67. The standard InChI is InChI=1S/C33H38N2O6S2/c1-24-10-13-29(42-24)22-34(17-16-25-11-15-31(39-2)32(19-25)40-3)33(36)23-35(21-28-9-6-18-41-28)43(37,38)30-14-12-26-7-4-5-8-27(26)20-30/h4-5,7-8,10-15,19-20,28H,6,9,16-18,21-23H2,1-3H3/t28-/m1/s1. The summed E-state index contributed by atoms with van der Waals surface area (Å²) >= 11 is 1.63. The van der Waals surface area contributed by atoms with E-state index in [1.165, 1.54) is 4.31 Å². The number of methoxy groups -OCH3 is 2. The van der Waals surface area contributed by atoms with Crippen LogP contribution >= 0.6 is 11.3 Å². The molecule has 43 heavy (non-hydrogen) atoms. The average molecular weight is 623 g/mol. The molecule has 1 saturated heterocycles. The molecule has 10 heteroatoms. The third-order valence-corrected chi connectivity index (χ3v) is 10.5. The topological polar surface area (TPSA) is 85.4 Å². The average Bonchev–Trinajstić information content (AvgIpc) is 3.69. The van der Waals surface area contributed by atoms with E-state index in [2.05, 4.69) is 0 Å².